The summed E-state index contributed by atoms with van der Waals surface area (Å²) in [6.07, 6.45) is 0.817. The summed E-state index contributed by atoms with van der Waals surface area (Å²) in [6, 6.07) is 0. The summed E-state index contributed by atoms with van der Waals surface area (Å²) < 4.78 is 4.98. The second kappa shape index (κ2) is 2.71. The van der Waals surface area contributed by atoms with Crippen LogP contribution in [0.4, 0.5) is 0 Å². The van der Waals surface area contributed by atoms with Gasteiger partial charge in [-0.2, -0.15) is 0 Å². The molecular formula is C6H13BO2. The molecule has 1 aliphatic rings. The molecular weight excluding hydrogens is 115 g/mol. The molecule has 1 aliphatic heterocycles. The lowest BCUT2D eigenvalue weighted by Crippen LogP contribution is -2.09. The highest BCUT2D eigenvalue weighted by Crippen LogP contribution is 2.23. The Morgan fingerprint density at radius 3 is 2.56 bits per heavy atom. The van der Waals surface area contributed by atoms with Crippen LogP contribution in [0.2, 0.25) is 6.32 Å². The van der Waals surface area contributed by atoms with Crippen LogP contribution in [0.25, 0.3) is 0 Å². The lowest BCUT2D eigenvalue weighted by atomic mass is 9.78. The van der Waals surface area contributed by atoms with E-state index in [2.05, 4.69) is 13.8 Å². The van der Waals surface area contributed by atoms with Crippen molar-refractivity contribution in [3.8, 4) is 0 Å². The van der Waals surface area contributed by atoms with Crippen LogP contribution in [-0.4, -0.2) is 18.7 Å². The maximum absolute atomic E-state index is 8.93. The molecule has 1 unspecified atom stereocenters. The summed E-state index contributed by atoms with van der Waals surface area (Å²) in [5, 5.41) is 8.93. The molecule has 1 heterocycles. The molecule has 3 heteroatoms. The molecule has 9 heavy (non-hydrogen) atoms. The van der Waals surface area contributed by atoms with Crippen molar-refractivity contribution in [2.45, 2.75) is 20.2 Å². The fourth-order valence-corrected chi connectivity index (χ4v) is 1.09. The van der Waals surface area contributed by atoms with Crippen molar-refractivity contribution in [3.63, 3.8) is 0 Å². The Kier molecular flexibility index (Phi) is 2.14. The van der Waals surface area contributed by atoms with Crippen LogP contribution in [0.5, 0.6) is 0 Å². The minimum Gasteiger partial charge on any atom is -0.427 e. The average Bonchev–Trinajstić information content (AvgIpc) is 2.14. The van der Waals surface area contributed by atoms with Crippen LogP contribution < -0.4 is 0 Å². The minimum atomic E-state index is -0.489. The fourth-order valence-electron chi connectivity index (χ4n) is 1.09. The predicted molar refractivity (Wildman–Crippen MR) is 37.1 cm³/mol. The number of hydrogen-bond acceptors (Lipinski definition) is 2. The quantitative estimate of drug-likeness (QED) is 0.528. The molecule has 0 aromatic carbocycles. The van der Waals surface area contributed by atoms with Gasteiger partial charge < -0.3 is 9.68 Å². The van der Waals surface area contributed by atoms with E-state index in [4.69, 9.17) is 9.68 Å². The first kappa shape index (κ1) is 7.10. The third kappa shape index (κ3) is 1.70. The molecule has 0 aromatic rings. The van der Waals surface area contributed by atoms with Gasteiger partial charge in [-0.05, 0) is 18.2 Å². The zero-order valence-corrected chi connectivity index (χ0v) is 6.00. The van der Waals surface area contributed by atoms with Crippen LogP contribution in [0, 0.1) is 11.8 Å². The minimum absolute atomic E-state index is 0.489. The van der Waals surface area contributed by atoms with E-state index in [1.165, 1.54) is 0 Å². The molecule has 2 nitrogen and oxygen atoms in total. The standard InChI is InChI=1S/C6H13BO2/c1-5(2)6-3-7(8)9-4-6/h5-6,8H,3-4H2,1-2H3. The van der Waals surface area contributed by atoms with Gasteiger partial charge in [0, 0.05) is 6.61 Å². The van der Waals surface area contributed by atoms with E-state index in [0.717, 1.165) is 12.9 Å². The van der Waals surface area contributed by atoms with Crippen molar-refractivity contribution in [1.29, 1.82) is 0 Å². The van der Waals surface area contributed by atoms with E-state index in [0.29, 0.717) is 11.8 Å². The second-order valence-corrected chi connectivity index (χ2v) is 3.03. The van der Waals surface area contributed by atoms with E-state index in [1.54, 1.807) is 0 Å². The molecule has 0 aliphatic carbocycles. The Bertz CT molecular complexity index is 95.1. The first-order valence-electron chi connectivity index (χ1n) is 3.50. The summed E-state index contributed by atoms with van der Waals surface area (Å²) in [7, 11) is -0.489. The smallest absolute Gasteiger partial charge is 0.427 e. The molecule has 0 aromatic heterocycles. The largest absolute Gasteiger partial charge is 0.454 e. The lowest BCUT2D eigenvalue weighted by Gasteiger charge is -2.10. The van der Waals surface area contributed by atoms with E-state index in [1.807, 2.05) is 0 Å². The number of rotatable bonds is 1. The van der Waals surface area contributed by atoms with Gasteiger partial charge in [-0.25, -0.2) is 0 Å². The van der Waals surface area contributed by atoms with Crippen LogP contribution >= 0.6 is 0 Å². The number of hydrogen-bond donors (Lipinski definition) is 1. The highest BCUT2D eigenvalue weighted by molar-refractivity contribution is 6.43. The summed E-state index contributed by atoms with van der Waals surface area (Å²) in [5.41, 5.74) is 0. The lowest BCUT2D eigenvalue weighted by molar-refractivity contribution is 0.250. The summed E-state index contributed by atoms with van der Waals surface area (Å²) in [5.74, 6) is 1.21. The second-order valence-electron chi connectivity index (χ2n) is 3.03. The van der Waals surface area contributed by atoms with E-state index in [-0.39, 0.29) is 0 Å². The zero-order valence-electron chi connectivity index (χ0n) is 6.00. The topological polar surface area (TPSA) is 29.5 Å². The van der Waals surface area contributed by atoms with Gasteiger partial charge in [0.25, 0.3) is 0 Å². The van der Waals surface area contributed by atoms with Crippen LogP contribution in [0.15, 0.2) is 0 Å². The van der Waals surface area contributed by atoms with Crippen LogP contribution in [0.1, 0.15) is 13.8 Å². The van der Waals surface area contributed by atoms with Crippen molar-refractivity contribution in [1.82, 2.24) is 0 Å². The first-order chi connectivity index (χ1) is 4.20. The zero-order chi connectivity index (χ0) is 6.85. The molecule has 0 saturated carbocycles. The molecule has 1 saturated heterocycles. The molecule has 1 atom stereocenters. The van der Waals surface area contributed by atoms with Gasteiger partial charge in [0.1, 0.15) is 0 Å². The summed E-state index contributed by atoms with van der Waals surface area (Å²) in [6.45, 7) is 5.05. The van der Waals surface area contributed by atoms with E-state index >= 15 is 0 Å². The molecule has 0 amide bonds. The summed E-state index contributed by atoms with van der Waals surface area (Å²) in [4.78, 5) is 0. The van der Waals surface area contributed by atoms with E-state index in [9.17, 15) is 0 Å². The van der Waals surface area contributed by atoms with Gasteiger partial charge in [0.05, 0.1) is 0 Å². The van der Waals surface area contributed by atoms with Gasteiger partial charge in [-0.1, -0.05) is 13.8 Å². The Morgan fingerprint density at radius 2 is 2.33 bits per heavy atom. The fraction of sp³-hybridized carbons (Fsp3) is 1.00. The Balaban J connectivity index is 2.30. The normalized spacial score (nSPS) is 28.0. The SMILES string of the molecule is CC(C)C1COB(O)C1. The van der Waals surface area contributed by atoms with Crippen molar-refractivity contribution < 1.29 is 9.68 Å². The summed E-state index contributed by atoms with van der Waals surface area (Å²) >= 11 is 0. The molecule has 0 bridgehead atoms. The first-order valence-corrected chi connectivity index (χ1v) is 3.50. The Labute approximate surface area is 56.4 Å². The third-order valence-electron chi connectivity index (χ3n) is 1.95. The van der Waals surface area contributed by atoms with Crippen molar-refractivity contribution in [3.05, 3.63) is 0 Å². The molecule has 0 radical (unpaired) electrons. The van der Waals surface area contributed by atoms with Crippen molar-refractivity contribution in [2.75, 3.05) is 6.61 Å². The van der Waals surface area contributed by atoms with Gasteiger partial charge in [0.2, 0.25) is 0 Å². The maximum Gasteiger partial charge on any atom is 0.454 e. The molecule has 1 rings (SSSR count). The van der Waals surface area contributed by atoms with Crippen LogP contribution in [-0.2, 0) is 4.65 Å². The van der Waals surface area contributed by atoms with Gasteiger partial charge in [0.15, 0.2) is 0 Å². The van der Waals surface area contributed by atoms with Gasteiger partial charge >= 0.3 is 7.12 Å². The highest BCUT2D eigenvalue weighted by Gasteiger charge is 2.30. The van der Waals surface area contributed by atoms with Crippen LogP contribution in [0.3, 0.4) is 0 Å². The predicted octanol–water partition coefficient (Wildman–Crippen LogP) is 0.769. The van der Waals surface area contributed by atoms with E-state index < -0.39 is 7.12 Å². The highest BCUT2D eigenvalue weighted by atomic mass is 16.5. The average molecular weight is 128 g/mol. The Morgan fingerprint density at radius 1 is 1.67 bits per heavy atom. The van der Waals surface area contributed by atoms with Gasteiger partial charge in [-0.3, -0.25) is 0 Å². The third-order valence-corrected chi connectivity index (χ3v) is 1.95. The molecule has 1 fully saturated rings. The van der Waals surface area contributed by atoms with Gasteiger partial charge in [-0.15, -0.1) is 0 Å². The van der Waals surface area contributed by atoms with Crippen molar-refractivity contribution >= 4 is 7.12 Å². The molecule has 1 N–H and O–H groups in total. The Hall–Kier alpha value is -0.0151. The van der Waals surface area contributed by atoms with Crippen molar-refractivity contribution in [2.24, 2.45) is 11.8 Å². The molecule has 52 valence electrons. The molecule has 0 spiro atoms. The maximum atomic E-state index is 8.93. The monoisotopic (exact) mass is 128 g/mol.